The highest BCUT2D eigenvalue weighted by Crippen LogP contribution is 2.19. The van der Waals surface area contributed by atoms with Crippen molar-refractivity contribution in [1.29, 1.82) is 0 Å². The Hall–Kier alpha value is -3.02. The van der Waals surface area contributed by atoms with Crippen molar-refractivity contribution in [2.75, 3.05) is 31.9 Å². The molecular formula is C21H22N6O3S2. The van der Waals surface area contributed by atoms with E-state index in [0.29, 0.717) is 18.2 Å². The topological polar surface area (TPSA) is 101 Å². The maximum atomic E-state index is 12.7. The summed E-state index contributed by atoms with van der Waals surface area (Å²) in [5, 5.41) is 13.4. The molecule has 0 aliphatic carbocycles. The van der Waals surface area contributed by atoms with E-state index in [1.54, 1.807) is 15.7 Å². The lowest BCUT2D eigenvalue weighted by molar-refractivity contribution is -0.129. The summed E-state index contributed by atoms with van der Waals surface area (Å²) in [4.78, 5) is 14.3. The molecule has 11 heteroatoms. The second kappa shape index (κ2) is 10.1. The van der Waals surface area contributed by atoms with Crippen LogP contribution in [-0.4, -0.2) is 75.7 Å². The van der Waals surface area contributed by atoms with Gasteiger partial charge < -0.3 is 4.90 Å². The van der Waals surface area contributed by atoms with Crippen LogP contribution in [-0.2, 0) is 14.8 Å². The summed E-state index contributed by atoms with van der Waals surface area (Å²) in [5.41, 5.74) is 1.63. The summed E-state index contributed by atoms with van der Waals surface area (Å²) in [6, 6.07) is 18.7. The maximum Gasteiger partial charge on any atom is 0.236 e. The van der Waals surface area contributed by atoms with E-state index >= 15 is 0 Å². The fraction of sp³-hybridized carbons (Fsp3) is 0.238. The number of tetrazole rings is 1. The highest BCUT2D eigenvalue weighted by molar-refractivity contribution is 7.99. The van der Waals surface area contributed by atoms with Crippen LogP contribution in [0.5, 0.6) is 0 Å². The molecular weight excluding hydrogens is 448 g/mol. The fourth-order valence-corrected chi connectivity index (χ4v) is 5.19. The molecule has 9 nitrogen and oxygen atoms in total. The highest BCUT2D eigenvalue weighted by Gasteiger charge is 2.27. The van der Waals surface area contributed by atoms with Crippen molar-refractivity contribution in [1.82, 2.24) is 29.4 Å². The minimum absolute atomic E-state index is 0.0745. The molecule has 0 spiro atoms. The van der Waals surface area contributed by atoms with Crippen LogP contribution >= 0.6 is 11.8 Å². The van der Waals surface area contributed by atoms with Crippen LogP contribution < -0.4 is 0 Å². The predicted molar refractivity (Wildman–Crippen MR) is 122 cm³/mol. The van der Waals surface area contributed by atoms with Crippen molar-refractivity contribution in [3.05, 3.63) is 71.6 Å². The van der Waals surface area contributed by atoms with Gasteiger partial charge in [0.05, 0.1) is 11.4 Å². The largest absolute Gasteiger partial charge is 0.339 e. The van der Waals surface area contributed by atoms with Crippen LogP contribution in [0.25, 0.3) is 11.8 Å². The Morgan fingerprint density at radius 3 is 2.31 bits per heavy atom. The number of hydrogen-bond acceptors (Lipinski definition) is 7. The van der Waals surface area contributed by atoms with Crippen molar-refractivity contribution >= 4 is 33.8 Å². The second-order valence-corrected chi connectivity index (χ2v) is 9.80. The molecule has 1 amide bonds. The zero-order valence-electron chi connectivity index (χ0n) is 17.2. The molecule has 0 bridgehead atoms. The Labute approximate surface area is 190 Å². The summed E-state index contributed by atoms with van der Waals surface area (Å²) < 4.78 is 28.2. The van der Waals surface area contributed by atoms with Gasteiger partial charge in [-0.2, -0.15) is 8.99 Å². The smallest absolute Gasteiger partial charge is 0.236 e. The van der Waals surface area contributed by atoms with E-state index < -0.39 is 10.0 Å². The lowest BCUT2D eigenvalue weighted by atomic mass is 10.2. The van der Waals surface area contributed by atoms with Crippen LogP contribution in [0.3, 0.4) is 0 Å². The summed E-state index contributed by atoms with van der Waals surface area (Å²) in [7, 11) is -3.53. The molecule has 0 unspecified atom stereocenters. The molecule has 1 saturated heterocycles. The van der Waals surface area contributed by atoms with Gasteiger partial charge in [0.2, 0.25) is 21.1 Å². The van der Waals surface area contributed by atoms with E-state index in [9.17, 15) is 13.2 Å². The number of rotatable bonds is 7. The first-order chi connectivity index (χ1) is 15.5. The average Bonchev–Trinajstić information content (AvgIpc) is 3.31. The third kappa shape index (κ3) is 5.42. The molecule has 0 saturated carbocycles. The number of benzene rings is 2. The van der Waals surface area contributed by atoms with Gasteiger partial charge in [-0.25, -0.2) is 8.42 Å². The van der Waals surface area contributed by atoms with Crippen molar-refractivity contribution in [2.45, 2.75) is 5.16 Å². The molecule has 3 aromatic rings. The normalized spacial score (nSPS) is 15.3. The Bertz CT molecular complexity index is 1170. The Morgan fingerprint density at radius 2 is 1.62 bits per heavy atom. The lowest BCUT2D eigenvalue weighted by Crippen LogP contribution is -2.50. The van der Waals surface area contributed by atoms with E-state index in [-0.39, 0.29) is 24.7 Å². The Kier molecular flexibility index (Phi) is 6.98. The number of nitrogens with zero attached hydrogens (tertiary/aromatic N) is 6. The van der Waals surface area contributed by atoms with Crippen LogP contribution in [0.15, 0.2) is 71.2 Å². The van der Waals surface area contributed by atoms with E-state index in [4.69, 9.17) is 0 Å². The van der Waals surface area contributed by atoms with Gasteiger partial charge in [-0.05, 0) is 34.2 Å². The van der Waals surface area contributed by atoms with Gasteiger partial charge in [0.1, 0.15) is 0 Å². The van der Waals surface area contributed by atoms with E-state index in [0.717, 1.165) is 11.3 Å². The van der Waals surface area contributed by atoms with Crippen molar-refractivity contribution in [3.63, 3.8) is 0 Å². The number of amides is 1. The van der Waals surface area contributed by atoms with E-state index in [1.165, 1.54) is 21.5 Å². The van der Waals surface area contributed by atoms with E-state index in [1.807, 2.05) is 60.7 Å². The van der Waals surface area contributed by atoms with E-state index in [2.05, 4.69) is 15.5 Å². The molecule has 1 aliphatic rings. The minimum Gasteiger partial charge on any atom is -0.339 e. The van der Waals surface area contributed by atoms with Gasteiger partial charge in [0, 0.05) is 31.6 Å². The van der Waals surface area contributed by atoms with Crippen LogP contribution in [0, 0.1) is 0 Å². The van der Waals surface area contributed by atoms with Gasteiger partial charge in [-0.1, -0.05) is 60.3 Å². The summed E-state index contributed by atoms with van der Waals surface area (Å²) in [6.45, 7) is 1.22. The molecule has 1 aromatic heterocycles. The summed E-state index contributed by atoms with van der Waals surface area (Å²) >= 11 is 1.26. The van der Waals surface area contributed by atoms with Gasteiger partial charge >= 0.3 is 0 Å². The second-order valence-electron chi connectivity index (χ2n) is 7.04. The third-order valence-electron chi connectivity index (χ3n) is 4.95. The number of thioether (sulfide) groups is 1. The van der Waals surface area contributed by atoms with Gasteiger partial charge in [0.25, 0.3) is 0 Å². The molecule has 1 fully saturated rings. The number of aromatic nitrogens is 4. The van der Waals surface area contributed by atoms with Crippen LogP contribution in [0.4, 0.5) is 0 Å². The maximum absolute atomic E-state index is 12.7. The SMILES string of the molecule is O=C(CSc1nnnn1-c1ccccc1)N1CCN(S(=O)(=O)/C=C/c2ccccc2)CC1. The summed E-state index contributed by atoms with van der Waals surface area (Å²) in [5.74, 6) is 0.0999. The molecule has 0 atom stereocenters. The zero-order valence-corrected chi connectivity index (χ0v) is 18.8. The van der Waals surface area contributed by atoms with Crippen molar-refractivity contribution in [3.8, 4) is 5.69 Å². The number of para-hydroxylation sites is 1. The first-order valence-electron chi connectivity index (χ1n) is 10.0. The first kappa shape index (κ1) is 22.2. The average molecular weight is 471 g/mol. The number of carbonyl (C=O) groups excluding carboxylic acids is 1. The van der Waals surface area contributed by atoms with Gasteiger partial charge in [-0.15, -0.1) is 5.10 Å². The van der Waals surface area contributed by atoms with Crippen LogP contribution in [0.2, 0.25) is 0 Å². The number of piperazine rings is 1. The fourth-order valence-electron chi connectivity index (χ4n) is 3.22. The third-order valence-corrected chi connectivity index (χ3v) is 7.42. The van der Waals surface area contributed by atoms with Crippen LogP contribution in [0.1, 0.15) is 5.56 Å². The molecule has 166 valence electrons. The predicted octanol–water partition coefficient (Wildman–Crippen LogP) is 1.90. The molecule has 0 N–H and O–H groups in total. The minimum atomic E-state index is -3.53. The molecule has 32 heavy (non-hydrogen) atoms. The lowest BCUT2D eigenvalue weighted by Gasteiger charge is -2.33. The number of sulfonamides is 1. The highest BCUT2D eigenvalue weighted by atomic mass is 32.2. The Balaban J connectivity index is 1.30. The molecule has 2 aromatic carbocycles. The monoisotopic (exact) mass is 470 g/mol. The zero-order chi connectivity index (χ0) is 22.4. The quantitative estimate of drug-likeness (QED) is 0.486. The van der Waals surface area contributed by atoms with Crippen molar-refractivity contribution < 1.29 is 13.2 Å². The van der Waals surface area contributed by atoms with Gasteiger partial charge in [0.15, 0.2) is 0 Å². The molecule has 1 aliphatic heterocycles. The molecule has 0 radical (unpaired) electrons. The Morgan fingerprint density at radius 1 is 0.969 bits per heavy atom. The first-order valence-corrected chi connectivity index (χ1v) is 12.5. The molecule has 4 rings (SSSR count). The summed E-state index contributed by atoms with van der Waals surface area (Å²) in [6.07, 6.45) is 1.58. The van der Waals surface area contributed by atoms with Gasteiger partial charge in [-0.3, -0.25) is 4.79 Å². The van der Waals surface area contributed by atoms with Crippen molar-refractivity contribution in [2.24, 2.45) is 0 Å². The number of hydrogen-bond donors (Lipinski definition) is 0. The molecule has 2 heterocycles. The standard InChI is InChI=1S/C21H22N6O3S2/c28-20(17-31-21-22-23-24-27(21)19-9-5-2-6-10-19)25-12-14-26(15-13-25)32(29,30)16-11-18-7-3-1-4-8-18/h1-11,16H,12-15,17H2/b16-11+. The number of carbonyl (C=O) groups is 1.